The number of aliphatic hydroxyl groups is 1. The summed E-state index contributed by atoms with van der Waals surface area (Å²) in [4.78, 5) is 38.5. The second-order valence-electron chi connectivity index (χ2n) is 9.52. The number of ether oxygens (including phenoxy) is 1. The average Bonchev–Trinajstić information content (AvgIpc) is 2.80. The predicted molar refractivity (Wildman–Crippen MR) is 126 cm³/mol. The van der Waals surface area contributed by atoms with Gasteiger partial charge in [0.25, 0.3) is 5.91 Å². The third-order valence-corrected chi connectivity index (χ3v) is 5.78. The molecule has 2 amide bonds. The summed E-state index contributed by atoms with van der Waals surface area (Å²) in [5.74, 6) is -1.65. The third kappa shape index (κ3) is 8.78. The quantitative estimate of drug-likeness (QED) is 0.374. The van der Waals surface area contributed by atoms with Crippen LogP contribution in [-0.2, 0) is 25.7 Å². The minimum atomic E-state index is -1.23. The van der Waals surface area contributed by atoms with Crippen LogP contribution in [0, 0.1) is 11.8 Å². The molecule has 0 radical (unpaired) electrons. The normalized spacial score (nSPS) is 18.9. The zero-order valence-corrected chi connectivity index (χ0v) is 20.2. The van der Waals surface area contributed by atoms with Crippen molar-refractivity contribution in [2.24, 2.45) is 11.8 Å². The molecule has 1 aliphatic heterocycles. The molecule has 8 heteroatoms. The molecule has 1 aromatic rings. The Labute approximate surface area is 196 Å². The summed E-state index contributed by atoms with van der Waals surface area (Å²) in [7, 11) is 0. The van der Waals surface area contributed by atoms with Gasteiger partial charge in [-0.3, -0.25) is 9.59 Å². The zero-order chi connectivity index (χ0) is 24.4. The molecule has 2 rings (SSSR count). The van der Waals surface area contributed by atoms with Crippen LogP contribution in [0.1, 0.15) is 58.9 Å². The summed E-state index contributed by atoms with van der Waals surface area (Å²) in [6.45, 7) is 8.41. The number of hydrogen-bond acceptors (Lipinski definition) is 6. The number of piperidine rings is 1. The molecule has 0 aliphatic carbocycles. The number of rotatable bonds is 11. The smallest absolute Gasteiger partial charge is 0.329 e. The van der Waals surface area contributed by atoms with E-state index in [0.29, 0.717) is 12.8 Å². The van der Waals surface area contributed by atoms with E-state index in [-0.39, 0.29) is 24.5 Å². The van der Waals surface area contributed by atoms with E-state index in [9.17, 15) is 19.5 Å². The third-order valence-electron chi connectivity index (χ3n) is 5.78. The maximum atomic E-state index is 13.1. The van der Waals surface area contributed by atoms with Crippen LogP contribution in [0.3, 0.4) is 0 Å². The highest BCUT2D eigenvalue weighted by Gasteiger charge is 2.33. The molecule has 1 saturated heterocycles. The van der Waals surface area contributed by atoms with Gasteiger partial charge in [0.1, 0.15) is 24.8 Å². The summed E-state index contributed by atoms with van der Waals surface area (Å²) in [5, 5.41) is 19.1. The molecule has 0 saturated carbocycles. The molecular weight excluding hydrogens is 422 g/mol. The average molecular weight is 462 g/mol. The lowest BCUT2D eigenvalue weighted by Crippen LogP contribution is -2.57. The zero-order valence-electron chi connectivity index (χ0n) is 20.2. The molecule has 4 N–H and O–H groups in total. The topological polar surface area (TPSA) is 117 Å². The van der Waals surface area contributed by atoms with E-state index in [2.05, 4.69) is 16.0 Å². The summed E-state index contributed by atoms with van der Waals surface area (Å²) >= 11 is 0. The van der Waals surface area contributed by atoms with Crippen molar-refractivity contribution in [2.75, 3.05) is 6.54 Å². The van der Waals surface area contributed by atoms with Crippen molar-refractivity contribution < 1.29 is 24.2 Å². The van der Waals surface area contributed by atoms with Crippen molar-refractivity contribution in [3.05, 3.63) is 35.9 Å². The minimum absolute atomic E-state index is 0.117. The number of amides is 2. The first-order valence-electron chi connectivity index (χ1n) is 11.9. The van der Waals surface area contributed by atoms with Crippen molar-refractivity contribution in [1.82, 2.24) is 16.0 Å². The highest BCUT2D eigenvalue weighted by molar-refractivity contribution is 5.92. The molecule has 0 bridgehead atoms. The van der Waals surface area contributed by atoms with Crippen molar-refractivity contribution in [3.8, 4) is 0 Å². The molecule has 0 spiro atoms. The molecule has 4 atom stereocenters. The standard InChI is InChI=1S/C25H39N3O5/c1-16(2)14-20(27-24(31)22(29)19-12-8-9-13-26-19)23(30)28-21(17(3)4)25(32)33-15-18-10-6-5-7-11-18/h5-7,10-11,16-17,19-22,26,29H,8-9,12-15H2,1-4H3,(H,27,31)(H,28,30)/t19?,20-,21?,22?/m1/s1. The monoisotopic (exact) mass is 461 g/mol. The van der Waals surface area contributed by atoms with Gasteiger partial charge < -0.3 is 25.8 Å². The van der Waals surface area contributed by atoms with Crippen LogP contribution >= 0.6 is 0 Å². The molecule has 1 fully saturated rings. The number of benzene rings is 1. The highest BCUT2D eigenvalue weighted by Crippen LogP contribution is 2.13. The van der Waals surface area contributed by atoms with Crippen LogP contribution in [0.5, 0.6) is 0 Å². The van der Waals surface area contributed by atoms with E-state index in [1.54, 1.807) is 0 Å². The summed E-state index contributed by atoms with van der Waals surface area (Å²) < 4.78 is 5.42. The van der Waals surface area contributed by atoms with Gasteiger partial charge in [0.2, 0.25) is 5.91 Å². The lowest BCUT2D eigenvalue weighted by molar-refractivity contribution is -0.150. The first-order valence-corrected chi connectivity index (χ1v) is 11.9. The highest BCUT2D eigenvalue weighted by atomic mass is 16.5. The molecule has 8 nitrogen and oxygen atoms in total. The molecule has 1 aliphatic rings. The molecule has 33 heavy (non-hydrogen) atoms. The number of nitrogens with one attached hydrogen (secondary N) is 3. The fourth-order valence-corrected chi connectivity index (χ4v) is 3.86. The SMILES string of the molecule is CC(C)C[C@@H](NC(=O)C(O)C1CCCCN1)C(=O)NC(C(=O)OCc1ccccc1)C(C)C. The van der Waals surface area contributed by atoms with Crippen molar-refractivity contribution in [2.45, 2.75) is 84.2 Å². The van der Waals surface area contributed by atoms with Crippen LogP contribution in [-0.4, -0.2) is 53.7 Å². The molecule has 1 heterocycles. The van der Waals surface area contributed by atoms with Crippen LogP contribution in [0.2, 0.25) is 0 Å². The fourth-order valence-electron chi connectivity index (χ4n) is 3.86. The first-order chi connectivity index (χ1) is 15.7. The molecule has 1 aromatic carbocycles. The van der Waals surface area contributed by atoms with Gasteiger partial charge in [-0.15, -0.1) is 0 Å². The van der Waals surface area contributed by atoms with E-state index in [1.807, 2.05) is 58.0 Å². The molecule has 0 aromatic heterocycles. The summed E-state index contributed by atoms with van der Waals surface area (Å²) in [5.41, 5.74) is 0.856. The van der Waals surface area contributed by atoms with E-state index >= 15 is 0 Å². The Morgan fingerprint density at radius 3 is 2.33 bits per heavy atom. The van der Waals surface area contributed by atoms with Gasteiger partial charge in [0.05, 0.1) is 0 Å². The van der Waals surface area contributed by atoms with Crippen LogP contribution in [0.25, 0.3) is 0 Å². The number of hydrogen-bond donors (Lipinski definition) is 4. The van der Waals surface area contributed by atoms with E-state index in [1.165, 1.54) is 0 Å². The Balaban J connectivity index is 2.00. The maximum absolute atomic E-state index is 13.1. The summed E-state index contributed by atoms with van der Waals surface area (Å²) in [6.07, 6.45) is 1.81. The Bertz CT molecular complexity index is 763. The minimum Gasteiger partial charge on any atom is -0.459 e. The Morgan fingerprint density at radius 1 is 1.06 bits per heavy atom. The van der Waals surface area contributed by atoms with Gasteiger partial charge in [-0.2, -0.15) is 0 Å². The van der Waals surface area contributed by atoms with Crippen molar-refractivity contribution >= 4 is 17.8 Å². The van der Waals surface area contributed by atoms with Crippen LogP contribution in [0.4, 0.5) is 0 Å². The number of esters is 1. The first kappa shape index (κ1) is 26.8. The van der Waals surface area contributed by atoms with E-state index in [0.717, 1.165) is 24.9 Å². The van der Waals surface area contributed by atoms with Gasteiger partial charge in [0, 0.05) is 6.04 Å². The van der Waals surface area contributed by atoms with E-state index < -0.39 is 36.0 Å². The fraction of sp³-hybridized carbons (Fsp3) is 0.640. The number of carbonyl (C=O) groups excluding carboxylic acids is 3. The maximum Gasteiger partial charge on any atom is 0.329 e. The molecular formula is C25H39N3O5. The Kier molecular flexibility index (Phi) is 10.8. The Hall–Kier alpha value is -2.45. The second kappa shape index (κ2) is 13.3. The van der Waals surface area contributed by atoms with Crippen molar-refractivity contribution in [3.63, 3.8) is 0 Å². The largest absolute Gasteiger partial charge is 0.459 e. The lowest BCUT2D eigenvalue weighted by Gasteiger charge is -2.29. The van der Waals surface area contributed by atoms with Gasteiger partial charge in [-0.25, -0.2) is 4.79 Å². The lowest BCUT2D eigenvalue weighted by atomic mass is 9.97. The van der Waals surface area contributed by atoms with Gasteiger partial charge in [-0.05, 0) is 43.2 Å². The van der Waals surface area contributed by atoms with Gasteiger partial charge in [0.15, 0.2) is 0 Å². The predicted octanol–water partition coefficient (Wildman–Crippen LogP) is 1.90. The van der Waals surface area contributed by atoms with E-state index in [4.69, 9.17) is 4.74 Å². The Morgan fingerprint density at radius 2 is 1.76 bits per heavy atom. The molecule has 3 unspecified atom stereocenters. The summed E-state index contributed by atoms with van der Waals surface area (Å²) in [6, 6.07) is 7.29. The van der Waals surface area contributed by atoms with Gasteiger partial charge in [-0.1, -0.05) is 64.4 Å². The van der Waals surface area contributed by atoms with Crippen LogP contribution in [0.15, 0.2) is 30.3 Å². The second-order valence-corrected chi connectivity index (χ2v) is 9.52. The number of aliphatic hydroxyl groups excluding tert-OH is 1. The van der Waals surface area contributed by atoms with Crippen LogP contribution < -0.4 is 16.0 Å². The number of carbonyl (C=O) groups is 3. The molecule has 184 valence electrons. The van der Waals surface area contributed by atoms with Crippen molar-refractivity contribution in [1.29, 1.82) is 0 Å². The van der Waals surface area contributed by atoms with Gasteiger partial charge >= 0.3 is 5.97 Å².